The molecule has 2 aromatic carbocycles. The Morgan fingerprint density at radius 1 is 0.980 bits per heavy atom. The third-order valence-electron chi connectivity index (χ3n) is 11.3. The zero-order chi connectivity index (χ0) is 36.3. The first-order valence-electron chi connectivity index (χ1n) is 17.9. The predicted molar refractivity (Wildman–Crippen MR) is 203 cm³/mol. The summed E-state index contributed by atoms with van der Waals surface area (Å²) in [5.41, 5.74) is 1.92. The second-order valence-electron chi connectivity index (χ2n) is 15.2. The van der Waals surface area contributed by atoms with Gasteiger partial charge in [-0.25, -0.2) is 12.7 Å². The third-order valence-corrected chi connectivity index (χ3v) is 20.2. The van der Waals surface area contributed by atoms with Crippen molar-refractivity contribution in [1.29, 1.82) is 0 Å². The van der Waals surface area contributed by atoms with Crippen LogP contribution in [0.1, 0.15) is 110 Å². The number of likely N-dealkylation sites (N-methyl/N-ethyl adjacent to an activating group) is 1. The average molecular weight is 752 g/mol. The van der Waals surface area contributed by atoms with E-state index in [-0.39, 0.29) is 30.0 Å². The first-order valence-corrected chi connectivity index (χ1v) is 22.3. The van der Waals surface area contributed by atoms with Gasteiger partial charge in [-0.15, -0.1) is 0 Å². The smallest absolute Gasteiger partial charge is 0.230 e. The van der Waals surface area contributed by atoms with E-state index in [0.717, 1.165) is 17.4 Å². The lowest BCUT2D eigenvalue weighted by atomic mass is 9.65. The van der Waals surface area contributed by atoms with Crippen LogP contribution in [0.5, 0.6) is 0 Å². The normalized spacial score (nSPS) is 22.8. The van der Waals surface area contributed by atoms with Crippen LogP contribution in [0.15, 0.2) is 48.5 Å². The minimum absolute atomic E-state index is 0.0440. The molecule has 1 saturated heterocycles. The Labute approximate surface area is 306 Å². The summed E-state index contributed by atoms with van der Waals surface area (Å²) in [4.78, 5) is 29.9. The monoisotopic (exact) mass is 750 g/mol. The van der Waals surface area contributed by atoms with Crippen LogP contribution in [0, 0.1) is 5.41 Å². The van der Waals surface area contributed by atoms with Gasteiger partial charge in [0, 0.05) is 48.6 Å². The number of carbonyl (C=O) groups excluding carboxylic acids is 2. The molecule has 0 N–H and O–H groups in total. The van der Waals surface area contributed by atoms with Crippen molar-refractivity contribution < 1.29 is 22.4 Å². The Balaban J connectivity index is 1.87. The second-order valence-corrected chi connectivity index (χ2v) is 23.9. The van der Waals surface area contributed by atoms with Gasteiger partial charge in [-0.3, -0.25) is 4.79 Å². The quantitative estimate of drug-likeness (QED) is 0.119. The van der Waals surface area contributed by atoms with Gasteiger partial charge in [0.15, 0.2) is 8.32 Å². The first kappa shape index (κ1) is 40.0. The van der Waals surface area contributed by atoms with E-state index in [2.05, 4.69) is 41.5 Å². The maximum absolute atomic E-state index is 15.4. The molecule has 0 aromatic heterocycles. The molecule has 49 heavy (non-hydrogen) atoms. The molecule has 2 aliphatic rings. The molecular formula is C38H56Cl2N2O5SSi. The fraction of sp³-hybridized carbons (Fsp3) is 0.632. The Bertz CT molecular complexity index is 1530. The highest BCUT2D eigenvalue weighted by Gasteiger charge is 2.54. The van der Waals surface area contributed by atoms with E-state index in [1.807, 2.05) is 60.4 Å². The molecule has 272 valence electrons. The van der Waals surface area contributed by atoms with Crippen LogP contribution >= 0.6 is 23.2 Å². The van der Waals surface area contributed by atoms with Crippen molar-refractivity contribution in [3.8, 4) is 0 Å². The average Bonchev–Trinajstić information content (AvgIpc) is 3.90. The number of amides is 1. The van der Waals surface area contributed by atoms with Crippen LogP contribution < -0.4 is 0 Å². The molecule has 4 atom stereocenters. The number of piperidine rings is 1. The van der Waals surface area contributed by atoms with Crippen LogP contribution in [-0.4, -0.2) is 69.6 Å². The van der Waals surface area contributed by atoms with Gasteiger partial charge in [0.25, 0.3) is 0 Å². The Morgan fingerprint density at radius 2 is 1.59 bits per heavy atom. The number of benzene rings is 2. The molecule has 7 nitrogen and oxygen atoms in total. The van der Waals surface area contributed by atoms with E-state index in [1.54, 1.807) is 7.05 Å². The van der Waals surface area contributed by atoms with Crippen molar-refractivity contribution >= 4 is 53.7 Å². The Morgan fingerprint density at radius 3 is 2.10 bits per heavy atom. The Hall–Kier alpha value is -1.75. The molecule has 2 fully saturated rings. The second kappa shape index (κ2) is 16.3. The lowest BCUT2D eigenvalue weighted by molar-refractivity contribution is -0.159. The van der Waals surface area contributed by atoms with Crippen molar-refractivity contribution in [3.05, 3.63) is 69.7 Å². The highest BCUT2D eigenvalue weighted by atomic mass is 35.5. The highest BCUT2D eigenvalue weighted by Crippen LogP contribution is 2.54. The zero-order valence-corrected chi connectivity index (χ0v) is 33.8. The summed E-state index contributed by atoms with van der Waals surface area (Å²) in [6, 6.07) is 14.4. The van der Waals surface area contributed by atoms with Gasteiger partial charge in [-0.2, -0.15) is 0 Å². The molecule has 4 rings (SSSR count). The molecule has 11 heteroatoms. The van der Waals surface area contributed by atoms with Gasteiger partial charge in [0.1, 0.15) is 6.29 Å². The van der Waals surface area contributed by atoms with Crippen molar-refractivity contribution in [3.63, 3.8) is 0 Å². The van der Waals surface area contributed by atoms with Crippen LogP contribution in [0.4, 0.5) is 0 Å². The van der Waals surface area contributed by atoms with Crippen molar-refractivity contribution in [2.45, 2.75) is 127 Å². The van der Waals surface area contributed by atoms with E-state index < -0.39 is 35.8 Å². The lowest BCUT2D eigenvalue weighted by Gasteiger charge is -2.53. The van der Waals surface area contributed by atoms with E-state index in [9.17, 15) is 13.2 Å². The third kappa shape index (κ3) is 8.33. The Kier molecular flexibility index (Phi) is 13.3. The topological polar surface area (TPSA) is 84.0 Å². The molecule has 1 heterocycles. The molecule has 1 aliphatic heterocycles. The van der Waals surface area contributed by atoms with Gasteiger partial charge in [0.2, 0.25) is 15.9 Å². The van der Waals surface area contributed by atoms with Crippen molar-refractivity contribution in [2.24, 2.45) is 5.41 Å². The standard InChI is InChI=1S/C38H56Cl2N2O5SSi/c1-9-33(25-41(8)48(45,46)34-17-18-34)42-36(29-13-15-31(39)16-14-29)35(30-11-10-12-32(40)23-30)24-38(19-21-43,37(42)44)20-22-47-49(26(2)3,27(4)5)28(6)7/h10-16,21,23,26-28,33-36H,9,17-20,22,24-25H2,1-8H3/t33-,35-,36-,38+/m1/s1. The van der Waals surface area contributed by atoms with E-state index in [1.165, 1.54) is 4.31 Å². The number of nitrogens with zero attached hydrogens (tertiary/aromatic N) is 2. The highest BCUT2D eigenvalue weighted by molar-refractivity contribution is 7.90. The fourth-order valence-electron chi connectivity index (χ4n) is 8.70. The molecule has 0 spiro atoms. The van der Waals surface area contributed by atoms with E-state index >= 15 is 4.79 Å². The number of rotatable bonds is 17. The molecule has 0 radical (unpaired) electrons. The molecule has 0 unspecified atom stereocenters. The summed E-state index contributed by atoms with van der Waals surface area (Å²) in [6.07, 6.45) is 3.57. The summed E-state index contributed by atoms with van der Waals surface area (Å²) in [5.74, 6) is -0.365. The summed E-state index contributed by atoms with van der Waals surface area (Å²) in [6.45, 7) is 16.0. The number of aldehydes is 1. The number of halogens is 2. The van der Waals surface area contributed by atoms with Crippen LogP contribution in [0.3, 0.4) is 0 Å². The van der Waals surface area contributed by atoms with Crippen LogP contribution in [0.25, 0.3) is 0 Å². The molecule has 1 amide bonds. The lowest BCUT2D eigenvalue weighted by Crippen LogP contribution is -2.59. The maximum atomic E-state index is 15.4. The number of sulfonamides is 1. The number of hydrogen-bond donors (Lipinski definition) is 0. The first-order chi connectivity index (χ1) is 23.0. The maximum Gasteiger partial charge on any atom is 0.230 e. The summed E-state index contributed by atoms with van der Waals surface area (Å²) < 4.78 is 35.2. The molecule has 1 aliphatic carbocycles. The summed E-state index contributed by atoms with van der Waals surface area (Å²) in [5, 5.41) is 0.806. The van der Waals surface area contributed by atoms with Crippen molar-refractivity contribution in [1.82, 2.24) is 9.21 Å². The number of hydrogen-bond acceptors (Lipinski definition) is 5. The van der Waals surface area contributed by atoms with Crippen LogP contribution in [-0.2, 0) is 24.0 Å². The van der Waals surface area contributed by atoms with E-state index in [0.29, 0.717) is 65.4 Å². The number of carbonyl (C=O) groups is 2. The molecule has 1 saturated carbocycles. The van der Waals surface area contributed by atoms with Gasteiger partial charge >= 0.3 is 0 Å². The number of likely N-dealkylation sites (tertiary alicyclic amines) is 1. The van der Waals surface area contributed by atoms with Gasteiger partial charge in [0.05, 0.1) is 16.7 Å². The zero-order valence-electron chi connectivity index (χ0n) is 30.5. The predicted octanol–water partition coefficient (Wildman–Crippen LogP) is 9.41. The SMILES string of the molecule is CC[C@H](CN(C)S(=O)(=O)C1CC1)N1C(=O)[C@@](CC=O)(CCO[Si](C(C)C)(C(C)C)C(C)C)C[C@H](c2cccc(Cl)c2)[C@H]1c1ccc(Cl)cc1. The van der Waals surface area contributed by atoms with Gasteiger partial charge in [-0.05, 0) is 84.1 Å². The van der Waals surface area contributed by atoms with Crippen molar-refractivity contribution in [2.75, 3.05) is 20.2 Å². The van der Waals surface area contributed by atoms with Crippen LogP contribution in [0.2, 0.25) is 26.7 Å². The molecular weight excluding hydrogens is 695 g/mol. The van der Waals surface area contributed by atoms with Gasteiger partial charge < -0.3 is 14.1 Å². The molecule has 2 aromatic rings. The van der Waals surface area contributed by atoms with E-state index in [4.69, 9.17) is 27.6 Å². The summed E-state index contributed by atoms with van der Waals surface area (Å²) >= 11 is 13.0. The minimum atomic E-state index is -3.49. The van der Waals surface area contributed by atoms with Gasteiger partial charge in [-0.1, -0.05) is 95.9 Å². The largest absolute Gasteiger partial charge is 0.416 e. The molecule has 0 bridgehead atoms. The fourth-order valence-corrected chi connectivity index (χ4v) is 16.1. The minimum Gasteiger partial charge on any atom is -0.416 e. The summed E-state index contributed by atoms with van der Waals surface area (Å²) in [7, 11) is -4.13.